The Labute approximate surface area is 164 Å². The Balaban J connectivity index is 1.51. The van der Waals surface area contributed by atoms with Gasteiger partial charge in [-0.1, -0.05) is 18.2 Å². The summed E-state index contributed by atoms with van der Waals surface area (Å²) in [5.41, 5.74) is 3.51. The lowest BCUT2D eigenvalue weighted by Gasteiger charge is -2.03. The van der Waals surface area contributed by atoms with Crippen LogP contribution >= 0.6 is 23.1 Å². The SMILES string of the molecule is Cc1[nH]c2ccccc2c1C(=O)CSCc1nc2sc(C)c(C)c2c(=O)[nH]1. The molecule has 0 aliphatic rings. The Morgan fingerprint density at radius 3 is 2.78 bits per heavy atom. The predicted octanol–water partition coefficient (Wildman–Crippen LogP) is 4.51. The molecule has 138 valence electrons. The molecule has 0 saturated heterocycles. The van der Waals surface area contributed by atoms with Crippen LogP contribution in [0, 0.1) is 20.8 Å². The Morgan fingerprint density at radius 2 is 1.96 bits per heavy atom. The monoisotopic (exact) mass is 397 g/mol. The van der Waals surface area contributed by atoms with E-state index in [1.54, 1.807) is 0 Å². The molecule has 3 heterocycles. The molecule has 0 aliphatic carbocycles. The highest BCUT2D eigenvalue weighted by Gasteiger charge is 2.16. The average molecular weight is 398 g/mol. The number of rotatable bonds is 5. The van der Waals surface area contributed by atoms with Crippen molar-refractivity contribution in [3.05, 3.63) is 62.1 Å². The van der Waals surface area contributed by atoms with E-state index in [1.165, 1.54) is 23.1 Å². The summed E-state index contributed by atoms with van der Waals surface area (Å²) in [6.45, 7) is 5.87. The minimum absolute atomic E-state index is 0.0844. The van der Waals surface area contributed by atoms with E-state index in [9.17, 15) is 9.59 Å². The number of fused-ring (bicyclic) bond motifs is 2. The first kappa shape index (κ1) is 18.0. The summed E-state index contributed by atoms with van der Waals surface area (Å²) < 4.78 is 0. The summed E-state index contributed by atoms with van der Waals surface area (Å²) in [6, 6.07) is 7.83. The number of thiophene rings is 1. The number of nitrogens with zero attached hydrogens (tertiary/aromatic N) is 1. The fourth-order valence-electron chi connectivity index (χ4n) is 3.32. The smallest absolute Gasteiger partial charge is 0.259 e. The quantitative estimate of drug-likeness (QED) is 0.486. The van der Waals surface area contributed by atoms with Crippen LogP contribution in [0.25, 0.3) is 21.1 Å². The van der Waals surface area contributed by atoms with E-state index in [0.717, 1.165) is 37.4 Å². The lowest BCUT2D eigenvalue weighted by Crippen LogP contribution is -2.11. The van der Waals surface area contributed by atoms with Gasteiger partial charge < -0.3 is 9.97 Å². The maximum atomic E-state index is 12.7. The molecule has 5 nitrogen and oxygen atoms in total. The lowest BCUT2D eigenvalue weighted by molar-refractivity contribution is 0.102. The van der Waals surface area contributed by atoms with E-state index in [1.807, 2.05) is 45.0 Å². The van der Waals surface area contributed by atoms with Crippen LogP contribution in [-0.4, -0.2) is 26.5 Å². The molecule has 0 saturated carbocycles. The molecule has 0 atom stereocenters. The first-order valence-corrected chi connectivity index (χ1v) is 10.6. The summed E-state index contributed by atoms with van der Waals surface area (Å²) in [5.74, 6) is 1.53. The van der Waals surface area contributed by atoms with Gasteiger partial charge >= 0.3 is 0 Å². The molecular weight excluding hydrogens is 378 g/mol. The Hall–Kier alpha value is -2.38. The van der Waals surface area contributed by atoms with Crippen LogP contribution in [-0.2, 0) is 5.75 Å². The number of carbonyl (C=O) groups excluding carboxylic acids is 1. The van der Waals surface area contributed by atoms with Crippen molar-refractivity contribution in [3.63, 3.8) is 0 Å². The fourth-order valence-corrected chi connectivity index (χ4v) is 5.13. The molecule has 0 fully saturated rings. The van der Waals surface area contributed by atoms with Gasteiger partial charge in [-0.25, -0.2) is 4.98 Å². The van der Waals surface area contributed by atoms with E-state index >= 15 is 0 Å². The standard InChI is InChI=1S/C20H19N3O2S2/c1-10-12(3)27-20-17(10)19(25)22-16(23-20)9-26-8-15(24)18-11(2)21-14-7-5-4-6-13(14)18/h4-7,21H,8-9H2,1-3H3,(H,22,23,25). The largest absolute Gasteiger partial charge is 0.358 e. The van der Waals surface area contributed by atoms with Crippen LogP contribution in [0.4, 0.5) is 0 Å². The van der Waals surface area contributed by atoms with Gasteiger partial charge in [0.1, 0.15) is 10.7 Å². The molecule has 27 heavy (non-hydrogen) atoms. The Kier molecular flexibility index (Phi) is 4.65. The Bertz CT molecular complexity index is 1230. The number of aromatic nitrogens is 3. The topological polar surface area (TPSA) is 78.6 Å². The van der Waals surface area contributed by atoms with Gasteiger partial charge in [0, 0.05) is 27.0 Å². The molecule has 0 bridgehead atoms. The van der Waals surface area contributed by atoms with Crippen LogP contribution < -0.4 is 5.56 Å². The number of hydrogen-bond acceptors (Lipinski definition) is 5. The highest BCUT2D eigenvalue weighted by molar-refractivity contribution is 7.99. The maximum absolute atomic E-state index is 12.7. The number of carbonyl (C=O) groups is 1. The zero-order valence-corrected chi connectivity index (χ0v) is 16.9. The van der Waals surface area contributed by atoms with Crippen molar-refractivity contribution in [1.29, 1.82) is 0 Å². The highest BCUT2D eigenvalue weighted by Crippen LogP contribution is 2.27. The van der Waals surface area contributed by atoms with Gasteiger partial charge in [-0.05, 0) is 32.4 Å². The second kappa shape index (κ2) is 6.98. The molecule has 0 spiro atoms. The number of para-hydroxylation sites is 1. The van der Waals surface area contributed by atoms with Crippen molar-refractivity contribution >= 4 is 50.0 Å². The van der Waals surface area contributed by atoms with Crippen LogP contribution in [0.5, 0.6) is 0 Å². The third-order valence-corrected chi connectivity index (χ3v) is 6.78. The molecule has 2 N–H and O–H groups in total. The zero-order chi connectivity index (χ0) is 19.1. The van der Waals surface area contributed by atoms with E-state index in [-0.39, 0.29) is 11.3 Å². The van der Waals surface area contributed by atoms with E-state index in [0.29, 0.717) is 22.7 Å². The van der Waals surface area contributed by atoms with Crippen LogP contribution in [0.15, 0.2) is 29.1 Å². The van der Waals surface area contributed by atoms with Gasteiger partial charge in [0.15, 0.2) is 5.78 Å². The normalized spacial score (nSPS) is 11.5. The van der Waals surface area contributed by atoms with Crippen molar-refractivity contribution < 1.29 is 4.79 Å². The number of thioether (sulfide) groups is 1. The van der Waals surface area contributed by atoms with Crippen LogP contribution in [0.2, 0.25) is 0 Å². The van der Waals surface area contributed by atoms with Gasteiger partial charge in [0.25, 0.3) is 5.56 Å². The summed E-state index contributed by atoms with van der Waals surface area (Å²) in [6.07, 6.45) is 0. The number of nitrogens with one attached hydrogen (secondary N) is 2. The first-order chi connectivity index (χ1) is 13.0. The van der Waals surface area contributed by atoms with E-state index < -0.39 is 0 Å². The predicted molar refractivity (Wildman–Crippen MR) is 113 cm³/mol. The first-order valence-electron chi connectivity index (χ1n) is 8.63. The van der Waals surface area contributed by atoms with Crippen molar-refractivity contribution in [2.24, 2.45) is 0 Å². The van der Waals surface area contributed by atoms with Crippen molar-refractivity contribution in [3.8, 4) is 0 Å². The van der Waals surface area contributed by atoms with Crippen molar-refractivity contribution in [2.75, 3.05) is 5.75 Å². The molecule has 0 radical (unpaired) electrons. The Morgan fingerprint density at radius 1 is 1.19 bits per heavy atom. The minimum atomic E-state index is -0.101. The lowest BCUT2D eigenvalue weighted by atomic mass is 10.1. The van der Waals surface area contributed by atoms with Gasteiger partial charge in [-0.2, -0.15) is 0 Å². The summed E-state index contributed by atoms with van der Waals surface area (Å²) in [4.78, 5) is 37.6. The van der Waals surface area contributed by atoms with Gasteiger partial charge in [-0.15, -0.1) is 23.1 Å². The number of aromatic amines is 2. The number of ketones is 1. The second-order valence-corrected chi connectivity index (χ2v) is 8.75. The maximum Gasteiger partial charge on any atom is 0.259 e. The molecule has 4 aromatic rings. The van der Waals surface area contributed by atoms with Crippen molar-refractivity contribution in [1.82, 2.24) is 15.0 Å². The van der Waals surface area contributed by atoms with Gasteiger partial charge in [0.05, 0.1) is 16.9 Å². The number of H-pyrrole nitrogens is 2. The van der Waals surface area contributed by atoms with Crippen LogP contribution in [0.1, 0.15) is 32.3 Å². The van der Waals surface area contributed by atoms with Crippen molar-refractivity contribution in [2.45, 2.75) is 26.5 Å². The molecule has 1 aromatic carbocycles. The molecule has 3 aromatic heterocycles. The average Bonchev–Trinajstić information content (AvgIpc) is 3.10. The summed E-state index contributed by atoms with van der Waals surface area (Å²) in [7, 11) is 0. The molecule has 0 aliphatic heterocycles. The van der Waals surface area contributed by atoms with Crippen LogP contribution in [0.3, 0.4) is 0 Å². The second-order valence-electron chi connectivity index (χ2n) is 6.56. The number of hydrogen-bond donors (Lipinski definition) is 2. The van der Waals surface area contributed by atoms with E-state index in [2.05, 4.69) is 15.0 Å². The summed E-state index contributed by atoms with van der Waals surface area (Å²) in [5, 5.41) is 1.63. The molecule has 0 unspecified atom stereocenters. The van der Waals surface area contributed by atoms with E-state index in [4.69, 9.17) is 0 Å². The minimum Gasteiger partial charge on any atom is -0.358 e. The molecular formula is C20H19N3O2S2. The molecule has 7 heteroatoms. The van der Waals surface area contributed by atoms with Gasteiger partial charge in [0.2, 0.25) is 0 Å². The zero-order valence-electron chi connectivity index (χ0n) is 15.3. The summed E-state index contributed by atoms with van der Waals surface area (Å²) >= 11 is 3.00. The number of Topliss-reactive ketones (excluding diaryl/α,β-unsaturated/α-hetero) is 1. The molecule has 0 amide bonds. The highest BCUT2D eigenvalue weighted by atomic mass is 32.2. The van der Waals surface area contributed by atoms with Gasteiger partial charge in [-0.3, -0.25) is 9.59 Å². The molecule has 4 rings (SSSR count). The fraction of sp³-hybridized carbons (Fsp3) is 0.250. The number of aryl methyl sites for hydroxylation is 3. The third-order valence-electron chi connectivity index (χ3n) is 4.73. The number of benzene rings is 1. The third kappa shape index (κ3) is 3.21.